The van der Waals surface area contributed by atoms with Crippen molar-refractivity contribution in [3.8, 4) is 0 Å². The Morgan fingerprint density at radius 2 is 1.76 bits per heavy atom. The van der Waals surface area contributed by atoms with Crippen LogP contribution in [-0.4, -0.2) is 24.7 Å². The van der Waals surface area contributed by atoms with Crippen LogP contribution in [-0.2, 0) is 14.9 Å². The van der Waals surface area contributed by atoms with Crippen LogP contribution in [0.15, 0.2) is 11.6 Å². The van der Waals surface area contributed by atoms with E-state index in [0.29, 0.717) is 19.3 Å². The van der Waals surface area contributed by atoms with Crippen LogP contribution in [0.3, 0.4) is 0 Å². The predicted molar refractivity (Wildman–Crippen MR) is 58.3 cm³/mol. The molecule has 17 heavy (non-hydrogen) atoms. The van der Waals surface area contributed by atoms with Crippen LogP contribution in [0.2, 0.25) is 0 Å². The zero-order valence-electron chi connectivity index (χ0n) is 10.3. The maximum absolute atomic E-state index is 10.4. The minimum atomic E-state index is -3.84. The number of unbranched alkanes of at least 4 members (excludes halogenated alkanes) is 4. The fourth-order valence-electron chi connectivity index (χ4n) is 1.18. The largest absolute Gasteiger partial charge is 1.00 e. The molecule has 0 heterocycles. The van der Waals surface area contributed by atoms with Gasteiger partial charge in [0.15, 0.2) is 0 Å². The first-order valence-corrected chi connectivity index (χ1v) is 6.77. The van der Waals surface area contributed by atoms with Crippen molar-refractivity contribution in [1.29, 1.82) is 0 Å². The molecule has 1 N–H and O–H groups in total. The van der Waals surface area contributed by atoms with Gasteiger partial charge in [-0.25, -0.2) is 0 Å². The quantitative estimate of drug-likeness (QED) is 0.231. The van der Waals surface area contributed by atoms with Gasteiger partial charge in [0.1, 0.15) is 0 Å². The molecule has 0 fully saturated rings. The summed E-state index contributed by atoms with van der Waals surface area (Å²) >= 11 is 0. The zero-order chi connectivity index (χ0) is 12.6. The van der Waals surface area contributed by atoms with Gasteiger partial charge >= 0.3 is 51.4 Å². The van der Waals surface area contributed by atoms with Gasteiger partial charge in [-0.2, -0.15) is 8.42 Å². The van der Waals surface area contributed by atoms with Gasteiger partial charge in [-0.15, -0.1) is 0 Å². The number of aliphatic carboxylic acids is 1. The van der Waals surface area contributed by atoms with Gasteiger partial charge in [0, 0.05) is 0 Å². The van der Waals surface area contributed by atoms with E-state index in [1.807, 2.05) is 0 Å². The summed E-state index contributed by atoms with van der Waals surface area (Å²) in [4.78, 5) is 10.3. The Hall–Kier alpha value is 0.756. The van der Waals surface area contributed by atoms with Crippen molar-refractivity contribution in [1.82, 2.24) is 0 Å². The van der Waals surface area contributed by atoms with Gasteiger partial charge < -0.3 is 9.90 Å². The summed E-state index contributed by atoms with van der Waals surface area (Å²) in [6.07, 6.45) is 4.99. The van der Waals surface area contributed by atoms with Crippen molar-refractivity contribution in [2.24, 2.45) is 0 Å². The summed E-state index contributed by atoms with van der Waals surface area (Å²) in [5.74, 6) is -1.37. The molecular weight excluding hydrogens is 271 g/mol. The second kappa shape index (κ2) is 10.7. The number of hydrogen-bond donors (Lipinski definition) is 1. The maximum Gasteiger partial charge on any atom is 1.00 e. The van der Waals surface area contributed by atoms with E-state index in [4.69, 9.17) is 4.55 Å². The summed E-state index contributed by atoms with van der Waals surface area (Å²) in [6.45, 7) is 1.48. The maximum atomic E-state index is 10.4. The third-order valence-electron chi connectivity index (χ3n) is 2.13. The Kier molecular flexibility index (Phi) is 12.6. The minimum Gasteiger partial charge on any atom is -0.545 e. The van der Waals surface area contributed by atoms with Crippen molar-refractivity contribution in [2.45, 2.75) is 39.0 Å². The summed E-state index contributed by atoms with van der Waals surface area (Å²) in [5.41, 5.74) is 0.220. The predicted octanol–water partition coefficient (Wildman–Crippen LogP) is -2.48. The standard InChI is InChI=1S/C10H18O5S.K/c1-9(10(11)12)7-5-3-2-4-6-8-16(13,14)15;/h7H,2-6,8H2,1H3,(H,11,12)(H,13,14,15);/q;+1/p-1. The first-order chi connectivity index (χ1) is 7.33. The number of carboxylic acid groups (broad SMARTS) is 1. The summed E-state index contributed by atoms with van der Waals surface area (Å²) in [6, 6.07) is 0. The average molecular weight is 288 g/mol. The summed E-state index contributed by atoms with van der Waals surface area (Å²) in [7, 11) is -3.84. The van der Waals surface area contributed by atoms with Gasteiger partial charge in [0.25, 0.3) is 10.1 Å². The Bertz CT molecular complexity index is 348. The molecule has 0 aromatic rings. The van der Waals surface area contributed by atoms with Crippen LogP contribution in [0, 0.1) is 0 Å². The second-order valence-corrected chi connectivity index (χ2v) is 5.24. The van der Waals surface area contributed by atoms with E-state index in [2.05, 4.69) is 0 Å². The SMILES string of the molecule is CC(=CCCCCCCS(=O)(=O)O)C(=O)[O-].[K+]. The van der Waals surface area contributed by atoms with E-state index < -0.39 is 16.1 Å². The second-order valence-electron chi connectivity index (χ2n) is 3.66. The van der Waals surface area contributed by atoms with Gasteiger partial charge in [-0.1, -0.05) is 18.9 Å². The first kappa shape index (κ1) is 20.1. The average Bonchev–Trinajstić information content (AvgIpc) is 2.14. The van der Waals surface area contributed by atoms with E-state index in [1.165, 1.54) is 6.92 Å². The third kappa shape index (κ3) is 14.7. The van der Waals surface area contributed by atoms with E-state index in [-0.39, 0.29) is 62.7 Å². The van der Waals surface area contributed by atoms with E-state index in [9.17, 15) is 18.3 Å². The number of allylic oxidation sites excluding steroid dienone is 1. The summed E-state index contributed by atoms with van der Waals surface area (Å²) < 4.78 is 29.2. The van der Waals surface area contributed by atoms with Gasteiger partial charge in [0.2, 0.25) is 0 Å². The number of rotatable bonds is 8. The Morgan fingerprint density at radius 3 is 2.24 bits per heavy atom. The zero-order valence-corrected chi connectivity index (χ0v) is 14.2. The molecule has 0 rings (SSSR count). The van der Waals surface area contributed by atoms with Crippen LogP contribution in [0.4, 0.5) is 0 Å². The van der Waals surface area contributed by atoms with Crippen molar-refractivity contribution in [2.75, 3.05) is 5.75 Å². The van der Waals surface area contributed by atoms with Crippen molar-refractivity contribution in [3.05, 3.63) is 11.6 Å². The third-order valence-corrected chi connectivity index (χ3v) is 2.93. The van der Waals surface area contributed by atoms with E-state index in [0.717, 1.165) is 12.8 Å². The van der Waals surface area contributed by atoms with Crippen LogP contribution >= 0.6 is 0 Å². The first-order valence-electron chi connectivity index (χ1n) is 5.16. The fourth-order valence-corrected chi connectivity index (χ4v) is 1.75. The van der Waals surface area contributed by atoms with Gasteiger partial charge in [-0.3, -0.25) is 4.55 Å². The van der Waals surface area contributed by atoms with E-state index in [1.54, 1.807) is 6.08 Å². The monoisotopic (exact) mass is 288 g/mol. The Morgan fingerprint density at radius 1 is 1.24 bits per heavy atom. The molecule has 0 saturated carbocycles. The van der Waals surface area contributed by atoms with Crippen LogP contribution < -0.4 is 56.5 Å². The molecule has 0 unspecified atom stereocenters. The molecule has 5 nitrogen and oxygen atoms in total. The van der Waals surface area contributed by atoms with Gasteiger partial charge in [0.05, 0.1) is 11.7 Å². The number of carbonyl (C=O) groups is 1. The van der Waals surface area contributed by atoms with Crippen molar-refractivity contribution < 1.29 is 74.3 Å². The number of carboxylic acids is 1. The Labute approximate surface area is 145 Å². The molecule has 0 saturated heterocycles. The molecule has 0 aliphatic carbocycles. The smallest absolute Gasteiger partial charge is 0.545 e. The van der Waals surface area contributed by atoms with Crippen molar-refractivity contribution in [3.63, 3.8) is 0 Å². The number of hydrogen-bond acceptors (Lipinski definition) is 4. The van der Waals surface area contributed by atoms with Gasteiger partial charge in [-0.05, 0) is 31.8 Å². The number of carbonyl (C=O) groups excluding carboxylic acids is 1. The van der Waals surface area contributed by atoms with E-state index >= 15 is 0 Å². The molecule has 0 radical (unpaired) electrons. The molecular formula is C10H17KO5S. The topological polar surface area (TPSA) is 94.5 Å². The normalized spacial score (nSPS) is 12.0. The molecule has 0 spiro atoms. The molecule has 0 aromatic carbocycles. The summed E-state index contributed by atoms with van der Waals surface area (Å²) in [5, 5.41) is 10.3. The van der Waals surface area contributed by atoms with Crippen LogP contribution in [0.5, 0.6) is 0 Å². The molecule has 0 atom stereocenters. The fraction of sp³-hybridized carbons (Fsp3) is 0.700. The minimum absolute atomic E-state index is 0. The molecule has 94 valence electrons. The molecule has 7 heteroatoms. The molecule has 0 amide bonds. The molecule has 0 aliphatic rings. The van der Waals surface area contributed by atoms with Crippen LogP contribution in [0.25, 0.3) is 0 Å². The molecule has 0 aliphatic heterocycles. The molecule has 0 aromatic heterocycles. The molecule has 0 bridgehead atoms. The van der Waals surface area contributed by atoms with Crippen LogP contribution in [0.1, 0.15) is 39.0 Å². The Balaban J connectivity index is 0. The van der Waals surface area contributed by atoms with Crippen molar-refractivity contribution >= 4 is 16.1 Å².